The van der Waals surface area contributed by atoms with Gasteiger partial charge in [0.15, 0.2) is 5.78 Å². The highest BCUT2D eigenvalue weighted by molar-refractivity contribution is 7.12. The van der Waals surface area contributed by atoms with E-state index in [0.717, 1.165) is 12.8 Å². The molecule has 3 rings (SSSR count). The number of hydrogen-bond acceptors (Lipinski definition) is 5. The number of ketones is 1. The number of thiophene rings is 1. The lowest BCUT2D eigenvalue weighted by molar-refractivity contribution is -0.143. The number of nitrogens with one attached hydrogen (secondary N) is 1. The minimum Gasteiger partial charge on any atom is -0.490 e. The second-order valence-electron chi connectivity index (χ2n) is 7.33. The number of Topliss-reactive ketones (excluding diaryl/α,β-unsaturated/α-hetero) is 1. The standard InChI is InChI=1S/C22H24ClNO5S/c23-18-11-13-30-20(18)21(26)24-12-1-2-19(25)14-3-7-16(8-4-14)29-17-9-5-15(6-10-17)22(27)28/h3-4,7-8,11,13,15,17H,1-2,5-6,9-10,12H2,(H,24,26)(H,27,28). The predicted molar refractivity (Wildman–Crippen MR) is 116 cm³/mol. The van der Waals surface area contributed by atoms with Gasteiger partial charge in [0.25, 0.3) is 5.91 Å². The SMILES string of the molecule is O=C(CCCNC(=O)c1sccc1Cl)c1ccc(OC2CCC(C(=O)O)CC2)cc1. The fourth-order valence-corrected chi connectivity index (χ4v) is 4.53. The van der Waals surface area contributed by atoms with Gasteiger partial charge in [-0.1, -0.05) is 11.6 Å². The van der Waals surface area contributed by atoms with Crippen LogP contribution in [-0.2, 0) is 4.79 Å². The van der Waals surface area contributed by atoms with Crippen LogP contribution in [0.3, 0.4) is 0 Å². The molecule has 1 saturated carbocycles. The lowest BCUT2D eigenvalue weighted by atomic mass is 9.87. The third-order valence-electron chi connectivity index (χ3n) is 5.19. The summed E-state index contributed by atoms with van der Waals surface area (Å²) >= 11 is 7.22. The summed E-state index contributed by atoms with van der Waals surface area (Å²) in [5, 5.41) is 14.0. The summed E-state index contributed by atoms with van der Waals surface area (Å²) in [4.78, 5) is 35.8. The molecule has 0 aliphatic heterocycles. The van der Waals surface area contributed by atoms with Crippen LogP contribution in [0, 0.1) is 5.92 Å². The molecule has 0 unspecified atom stereocenters. The van der Waals surface area contributed by atoms with Crippen molar-refractivity contribution in [3.8, 4) is 5.75 Å². The molecule has 30 heavy (non-hydrogen) atoms. The predicted octanol–water partition coefficient (Wildman–Crippen LogP) is 4.82. The van der Waals surface area contributed by atoms with Gasteiger partial charge >= 0.3 is 5.97 Å². The maximum absolute atomic E-state index is 12.3. The molecular weight excluding hydrogens is 426 g/mol. The molecule has 2 aromatic rings. The van der Waals surface area contributed by atoms with Crippen molar-refractivity contribution >= 4 is 40.6 Å². The third-order valence-corrected chi connectivity index (χ3v) is 6.53. The molecule has 1 fully saturated rings. The fraction of sp³-hybridized carbons (Fsp3) is 0.409. The maximum atomic E-state index is 12.3. The average molecular weight is 450 g/mol. The average Bonchev–Trinajstić information content (AvgIpc) is 3.18. The van der Waals surface area contributed by atoms with E-state index in [1.807, 2.05) is 0 Å². The Hall–Kier alpha value is -2.38. The first kappa shape index (κ1) is 22.3. The maximum Gasteiger partial charge on any atom is 0.306 e. The van der Waals surface area contributed by atoms with Crippen molar-refractivity contribution in [1.82, 2.24) is 5.32 Å². The first-order chi connectivity index (χ1) is 14.4. The van der Waals surface area contributed by atoms with Crippen LogP contribution in [0.1, 0.15) is 58.6 Å². The molecular formula is C22H24ClNO5S. The molecule has 0 bridgehead atoms. The van der Waals surface area contributed by atoms with Crippen LogP contribution in [-0.4, -0.2) is 35.4 Å². The number of amides is 1. The summed E-state index contributed by atoms with van der Waals surface area (Å²) in [5.41, 5.74) is 0.601. The van der Waals surface area contributed by atoms with Crippen molar-refractivity contribution in [2.24, 2.45) is 5.92 Å². The molecule has 0 atom stereocenters. The van der Waals surface area contributed by atoms with Gasteiger partial charge in [-0.2, -0.15) is 0 Å². The molecule has 1 heterocycles. The van der Waals surface area contributed by atoms with Gasteiger partial charge in [0.2, 0.25) is 0 Å². The van der Waals surface area contributed by atoms with Crippen LogP contribution in [0.25, 0.3) is 0 Å². The van der Waals surface area contributed by atoms with Gasteiger partial charge in [0, 0.05) is 18.5 Å². The highest BCUT2D eigenvalue weighted by atomic mass is 35.5. The minimum absolute atomic E-state index is 0.00641. The number of benzene rings is 1. The zero-order valence-corrected chi connectivity index (χ0v) is 18.0. The van der Waals surface area contributed by atoms with Crippen molar-refractivity contribution in [1.29, 1.82) is 0 Å². The number of aliphatic carboxylic acids is 1. The van der Waals surface area contributed by atoms with Crippen LogP contribution < -0.4 is 10.1 Å². The number of ether oxygens (including phenoxy) is 1. The fourth-order valence-electron chi connectivity index (χ4n) is 3.47. The Bertz CT molecular complexity index is 887. The first-order valence-corrected chi connectivity index (χ1v) is 11.2. The Balaban J connectivity index is 1.39. The quantitative estimate of drug-likeness (QED) is 0.423. The molecule has 0 saturated heterocycles. The van der Waals surface area contributed by atoms with Gasteiger partial charge in [0.1, 0.15) is 10.6 Å². The summed E-state index contributed by atoms with van der Waals surface area (Å²) in [7, 11) is 0. The van der Waals surface area contributed by atoms with Gasteiger partial charge in [-0.05, 0) is 67.8 Å². The Morgan fingerprint density at radius 2 is 1.80 bits per heavy atom. The largest absolute Gasteiger partial charge is 0.490 e. The molecule has 0 spiro atoms. The van der Waals surface area contributed by atoms with E-state index in [4.69, 9.17) is 21.4 Å². The monoisotopic (exact) mass is 449 g/mol. The Morgan fingerprint density at radius 3 is 2.40 bits per heavy atom. The van der Waals surface area contributed by atoms with Crippen LogP contribution in [0.4, 0.5) is 0 Å². The van der Waals surface area contributed by atoms with Gasteiger partial charge in [-0.3, -0.25) is 14.4 Å². The number of halogens is 1. The van der Waals surface area contributed by atoms with Gasteiger partial charge in [0.05, 0.1) is 17.0 Å². The smallest absolute Gasteiger partial charge is 0.306 e. The Kier molecular flexibility index (Phi) is 7.87. The van der Waals surface area contributed by atoms with Crippen molar-refractivity contribution in [3.05, 3.63) is 51.2 Å². The number of carboxylic acids is 1. The van der Waals surface area contributed by atoms with Gasteiger partial charge < -0.3 is 15.2 Å². The molecule has 6 nitrogen and oxygen atoms in total. The second-order valence-corrected chi connectivity index (χ2v) is 8.66. The minimum atomic E-state index is -0.730. The van der Waals surface area contributed by atoms with Crippen LogP contribution in [0.15, 0.2) is 35.7 Å². The topological polar surface area (TPSA) is 92.7 Å². The zero-order valence-electron chi connectivity index (χ0n) is 16.4. The molecule has 160 valence electrons. The lowest BCUT2D eigenvalue weighted by Gasteiger charge is -2.26. The first-order valence-electron chi connectivity index (χ1n) is 9.98. The molecule has 1 aromatic carbocycles. The van der Waals surface area contributed by atoms with E-state index in [1.165, 1.54) is 11.3 Å². The number of rotatable bonds is 9. The lowest BCUT2D eigenvalue weighted by Crippen LogP contribution is -2.27. The number of carbonyl (C=O) groups excluding carboxylic acids is 2. The number of carboxylic acid groups (broad SMARTS) is 1. The van der Waals surface area contributed by atoms with Crippen molar-refractivity contribution in [2.45, 2.75) is 44.6 Å². The van der Waals surface area contributed by atoms with Gasteiger partial charge in [-0.25, -0.2) is 0 Å². The normalized spacial score (nSPS) is 18.6. The number of carbonyl (C=O) groups is 3. The second kappa shape index (κ2) is 10.6. The van der Waals surface area contributed by atoms with E-state index in [0.29, 0.717) is 53.4 Å². The molecule has 0 radical (unpaired) electrons. The van der Waals surface area contributed by atoms with Crippen molar-refractivity contribution in [3.63, 3.8) is 0 Å². The Morgan fingerprint density at radius 1 is 1.10 bits per heavy atom. The van der Waals surface area contributed by atoms with Crippen LogP contribution in [0.2, 0.25) is 5.02 Å². The van der Waals surface area contributed by atoms with Crippen molar-refractivity contribution < 1.29 is 24.2 Å². The van der Waals surface area contributed by atoms with Crippen LogP contribution in [0.5, 0.6) is 5.75 Å². The van der Waals surface area contributed by atoms with E-state index in [-0.39, 0.29) is 23.7 Å². The molecule has 1 amide bonds. The van der Waals surface area contributed by atoms with E-state index in [1.54, 1.807) is 35.7 Å². The van der Waals surface area contributed by atoms with E-state index >= 15 is 0 Å². The van der Waals surface area contributed by atoms with Crippen LogP contribution >= 0.6 is 22.9 Å². The Labute approximate surface area is 184 Å². The van der Waals surface area contributed by atoms with Crippen molar-refractivity contribution in [2.75, 3.05) is 6.54 Å². The summed E-state index contributed by atoms with van der Waals surface area (Å²) < 4.78 is 5.93. The summed E-state index contributed by atoms with van der Waals surface area (Å²) in [6.45, 7) is 0.402. The zero-order chi connectivity index (χ0) is 21.5. The van der Waals surface area contributed by atoms with E-state index < -0.39 is 5.97 Å². The third kappa shape index (κ3) is 6.06. The summed E-state index contributed by atoms with van der Waals surface area (Å²) in [6, 6.07) is 8.71. The van der Waals surface area contributed by atoms with E-state index in [2.05, 4.69) is 5.32 Å². The summed E-state index contributed by atoms with van der Waals surface area (Å²) in [6.07, 6.45) is 3.59. The van der Waals surface area contributed by atoms with E-state index in [9.17, 15) is 14.4 Å². The van der Waals surface area contributed by atoms with Gasteiger partial charge in [-0.15, -0.1) is 11.3 Å². The number of hydrogen-bond donors (Lipinski definition) is 2. The molecule has 1 aliphatic carbocycles. The molecule has 2 N–H and O–H groups in total. The highest BCUT2D eigenvalue weighted by Crippen LogP contribution is 2.28. The molecule has 8 heteroatoms. The molecule has 1 aliphatic rings. The summed E-state index contributed by atoms with van der Waals surface area (Å²) in [5.74, 6) is -0.526. The highest BCUT2D eigenvalue weighted by Gasteiger charge is 2.26. The molecule has 1 aromatic heterocycles.